The maximum atomic E-state index is 4.90. The van der Waals surface area contributed by atoms with Gasteiger partial charge in [-0.3, -0.25) is 0 Å². The van der Waals surface area contributed by atoms with E-state index in [9.17, 15) is 0 Å². The van der Waals surface area contributed by atoms with E-state index in [1.54, 1.807) is 0 Å². The highest BCUT2D eigenvalue weighted by Crippen LogP contribution is 2.15. The Balaban J connectivity index is 2.79. The number of fused-ring (bicyclic) bond motifs is 1. The molecule has 0 aliphatic heterocycles. The van der Waals surface area contributed by atoms with E-state index < -0.39 is 0 Å². The van der Waals surface area contributed by atoms with Crippen LogP contribution in [-0.2, 0) is 6.42 Å². The summed E-state index contributed by atoms with van der Waals surface area (Å²) in [5, 5.41) is 7.36. The fourth-order valence-corrected chi connectivity index (χ4v) is 1.15. The third-order valence-corrected chi connectivity index (χ3v) is 1.74. The second-order valence-corrected chi connectivity index (χ2v) is 2.39. The lowest BCUT2D eigenvalue weighted by atomic mass is 10.1. The lowest BCUT2D eigenvalue weighted by Crippen LogP contribution is -1.81. The van der Waals surface area contributed by atoms with Crippen molar-refractivity contribution in [2.75, 3.05) is 0 Å². The molecule has 0 saturated heterocycles. The predicted octanol–water partition coefficient (Wildman–Crippen LogP) is 1.79. The third kappa shape index (κ3) is 0.888. The molecule has 0 N–H and O–H groups in total. The first-order chi connectivity index (χ1) is 5.42. The quantitative estimate of drug-likeness (QED) is 0.618. The van der Waals surface area contributed by atoms with E-state index in [0.29, 0.717) is 0 Å². The molecule has 0 aliphatic carbocycles. The Kier molecular flexibility index (Phi) is 1.35. The minimum absolute atomic E-state index is 0.768. The van der Waals surface area contributed by atoms with Crippen LogP contribution >= 0.6 is 0 Å². The molecule has 2 rings (SSSR count). The van der Waals surface area contributed by atoms with E-state index in [1.165, 1.54) is 5.56 Å². The van der Waals surface area contributed by atoms with Crippen molar-refractivity contribution >= 4 is 11.1 Å². The molecule has 0 saturated carbocycles. The van der Waals surface area contributed by atoms with Gasteiger partial charge in [0.1, 0.15) is 5.52 Å². The molecule has 0 aliphatic rings. The van der Waals surface area contributed by atoms with Gasteiger partial charge in [-0.05, 0) is 18.1 Å². The summed E-state index contributed by atoms with van der Waals surface area (Å²) < 4.78 is 4.90. The van der Waals surface area contributed by atoms with Crippen molar-refractivity contribution in [3.63, 3.8) is 0 Å². The Morgan fingerprint density at radius 1 is 1.45 bits per heavy atom. The van der Waals surface area contributed by atoms with Gasteiger partial charge < -0.3 is 4.52 Å². The molecule has 3 nitrogen and oxygen atoms in total. The van der Waals surface area contributed by atoms with Gasteiger partial charge in [0, 0.05) is 5.27 Å². The number of aryl methyl sites for hydroxylation is 1. The van der Waals surface area contributed by atoms with Crippen LogP contribution in [0.3, 0.4) is 0 Å². The summed E-state index contributed by atoms with van der Waals surface area (Å²) in [5.74, 6) is 0. The minimum atomic E-state index is 0.768. The Morgan fingerprint density at radius 3 is 3.18 bits per heavy atom. The smallest absolute Gasteiger partial charge is 0.187 e. The lowest BCUT2D eigenvalue weighted by Gasteiger charge is -1.92. The largest absolute Gasteiger partial charge is 0.337 e. The van der Waals surface area contributed by atoms with Crippen LogP contribution in [0.15, 0.2) is 22.7 Å². The highest BCUT2D eigenvalue weighted by Gasteiger charge is 2.02. The Bertz CT molecular complexity index is 367. The molecule has 0 spiro atoms. The van der Waals surface area contributed by atoms with Crippen LogP contribution in [0.25, 0.3) is 11.1 Å². The Labute approximate surface area is 64.0 Å². The number of aromatic nitrogens is 2. The van der Waals surface area contributed by atoms with E-state index in [1.807, 2.05) is 18.2 Å². The molecular weight excluding hydrogens is 140 g/mol. The summed E-state index contributed by atoms with van der Waals surface area (Å²) in [4.78, 5) is 0. The van der Waals surface area contributed by atoms with Gasteiger partial charge in [-0.1, -0.05) is 19.1 Å². The van der Waals surface area contributed by atoms with Crippen molar-refractivity contribution in [2.24, 2.45) is 0 Å². The van der Waals surface area contributed by atoms with Crippen LogP contribution in [-0.4, -0.2) is 10.4 Å². The summed E-state index contributed by atoms with van der Waals surface area (Å²) in [6.45, 7) is 2.09. The topological polar surface area (TPSA) is 38.9 Å². The number of nitrogens with zero attached hydrogens (tertiary/aromatic N) is 2. The van der Waals surface area contributed by atoms with Crippen LogP contribution in [0.4, 0.5) is 0 Å². The molecule has 0 fully saturated rings. The zero-order valence-electron chi connectivity index (χ0n) is 6.24. The van der Waals surface area contributed by atoms with Crippen molar-refractivity contribution in [3.05, 3.63) is 23.8 Å². The molecule has 3 heteroatoms. The second-order valence-electron chi connectivity index (χ2n) is 2.39. The van der Waals surface area contributed by atoms with E-state index in [2.05, 4.69) is 17.3 Å². The van der Waals surface area contributed by atoms with Crippen LogP contribution in [0.1, 0.15) is 12.5 Å². The van der Waals surface area contributed by atoms with Gasteiger partial charge in [0.2, 0.25) is 0 Å². The van der Waals surface area contributed by atoms with Crippen molar-refractivity contribution in [1.82, 2.24) is 10.4 Å². The first-order valence-corrected chi connectivity index (χ1v) is 3.61. The van der Waals surface area contributed by atoms with Crippen LogP contribution in [0.2, 0.25) is 0 Å². The molecule has 11 heavy (non-hydrogen) atoms. The maximum Gasteiger partial charge on any atom is 0.187 e. The average molecular weight is 148 g/mol. The fourth-order valence-electron chi connectivity index (χ4n) is 1.15. The summed E-state index contributed by atoms with van der Waals surface area (Å²) in [5.41, 5.74) is 2.84. The van der Waals surface area contributed by atoms with E-state index >= 15 is 0 Å². The monoisotopic (exact) mass is 148 g/mol. The van der Waals surface area contributed by atoms with Crippen molar-refractivity contribution in [1.29, 1.82) is 0 Å². The number of rotatable bonds is 1. The predicted molar refractivity (Wildman–Crippen MR) is 41.2 cm³/mol. The van der Waals surface area contributed by atoms with Crippen LogP contribution < -0.4 is 0 Å². The van der Waals surface area contributed by atoms with Gasteiger partial charge in [0.25, 0.3) is 0 Å². The first kappa shape index (κ1) is 6.34. The van der Waals surface area contributed by atoms with Gasteiger partial charge in [-0.15, -0.1) is 5.10 Å². The third-order valence-electron chi connectivity index (χ3n) is 1.74. The normalized spacial score (nSPS) is 10.6. The number of hydrogen-bond donors (Lipinski definition) is 0. The molecule has 1 heterocycles. The average Bonchev–Trinajstić information content (AvgIpc) is 2.50. The molecule has 0 bridgehead atoms. The van der Waals surface area contributed by atoms with Gasteiger partial charge in [0.15, 0.2) is 5.58 Å². The molecule has 56 valence electrons. The Morgan fingerprint density at radius 2 is 2.36 bits per heavy atom. The van der Waals surface area contributed by atoms with Crippen LogP contribution in [0, 0.1) is 0 Å². The molecule has 0 radical (unpaired) electrons. The van der Waals surface area contributed by atoms with Gasteiger partial charge in [-0.2, -0.15) is 0 Å². The first-order valence-electron chi connectivity index (χ1n) is 3.61. The molecule has 1 aromatic carbocycles. The highest BCUT2D eigenvalue weighted by molar-refractivity contribution is 5.75. The van der Waals surface area contributed by atoms with Crippen molar-refractivity contribution < 1.29 is 4.52 Å². The maximum absolute atomic E-state index is 4.90. The number of hydrogen-bond acceptors (Lipinski definition) is 3. The molecule has 0 amide bonds. The van der Waals surface area contributed by atoms with Crippen LogP contribution in [0.5, 0.6) is 0 Å². The fraction of sp³-hybridized carbons (Fsp3) is 0.250. The molecular formula is C8H8N2O. The second kappa shape index (κ2) is 2.34. The summed E-state index contributed by atoms with van der Waals surface area (Å²) in [7, 11) is 0. The van der Waals surface area contributed by atoms with Crippen molar-refractivity contribution in [3.8, 4) is 0 Å². The van der Waals surface area contributed by atoms with E-state index in [-0.39, 0.29) is 0 Å². The zero-order valence-corrected chi connectivity index (χ0v) is 6.24. The van der Waals surface area contributed by atoms with Gasteiger partial charge >= 0.3 is 0 Å². The summed E-state index contributed by atoms with van der Waals surface area (Å²) in [6, 6.07) is 5.86. The number of benzene rings is 1. The van der Waals surface area contributed by atoms with Gasteiger partial charge in [0.05, 0.1) is 0 Å². The van der Waals surface area contributed by atoms with Crippen molar-refractivity contribution in [2.45, 2.75) is 13.3 Å². The highest BCUT2D eigenvalue weighted by atomic mass is 16.5. The molecule has 2 aromatic rings. The summed E-state index contributed by atoms with van der Waals surface area (Å²) in [6.07, 6.45) is 0.964. The molecule has 0 unspecified atom stereocenters. The summed E-state index contributed by atoms with van der Waals surface area (Å²) >= 11 is 0. The Hall–Kier alpha value is -1.38. The van der Waals surface area contributed by atoms with Gasteiger partial charge in [-0.25, -0.2) is 0 Å². The zero-order chi connectivity index (χ0) is 7.68. The molecule has 1 aromatic heterocycles. The minimum Gasteiger partial charge on any atom is -0.337 e. The van der Waals surface area contributed by atoms with E-state index in [4.69, 9.17) is 4.52 Å². The SMILES string of the molecule is CCc1cccc2onnc12. The standard InChI is InChI=1S/C8H8N2O/c1-2-6-4-3-5-7-8(6)9-10-11-7/h3-5H,2H2,1H3. The lowest BCUT2D eigenvalue weighted by molar-refractivity contribution is 0.424. The molecule has 0 atom stereocenters. The van der Waals surface area contributed by atoms with E-state index in [0.717, 1.165) is 17.5 Å².